The molecule has 2 aliphatic rings. The number of hydrogen-bond acceptors (Lipinski definition) is 3. The molecule has 0 heterocycles. The monoisotopic (exact) mass is 249 g/mol. The SMILES string of the molecule is CCN(CCCCC(C)(C#N)NC1CC1)C1CC1. The number of nitrogens with one attached hydrogen (secondary N) is 1. The molecular weight excluding hydrogens is 222 g/mol. The molecule has 0 aromatic heterocycles. The molecule has 0 saturated heterocycles. The second-order valence-corrected chi connectivity index (χ2v) is 6.18. The van der Waals surface area contributed by atoms with Crippen molar-refractivity contribution < 1.29 is 0 Å². The van der Waals surface area contributed by atoms with Crippen LogP contribution in [0.25, 0.3) is 0 Å². The maximum Gasteiger partial charge on any atom is 0.104 e. The van der Waals surface area contributed by atoms with E-state index in [1.165, 1.54) is 45.2 Å². The third kappa shape index (κ3) is 4.26. The van der Waals surface area contributed by atoms with Crippen LogP contribution in [0.2, 0.25) is 0 Å². The molecule has 3 nitrogen and oxygen atoms in total. The molecule has 1 atom stereocenters. The number of unbranched alkanes of at least 4 members (excludes halogenated alkanes) is 1. The normalized spacial score (nSPS) is 22.8. The zero-order chi connectivity index (χ0) is 13.0. The van der Waals surface area contributed by atoms with Gasteiger partial charge in [0.15, 0.2) is 0 Å². The molecule has 0 aliphatic heterocycles. The third-order valence-corrected chi connectivity index (χ3v) is 4.19. The van der Waals surface area contributed by atoms with Crippen molar-refractivity contribution in [2.45, 2.75) is 76.4 Å². The van der Waals surface area contributed by atoms with Gasteiger partial charge in [0.2, 0.25) is 0 Å². The van der Waals surface area contributed by atoms with Crippen molar-refractivity contribution in [1.29, 1.82) is 5.26 Å². The van der Waals surface area contributed by atoms with Crippen LogP contribution in [0.1, 0.15) is 58.8 Å². The Balaban J connectivity index is 1.62. The Kier molecular flexibility index (Phi) is 4.64. The third-order valence-electron chi connectivity index (χ3n) is 4.19. The minimum absolute atomic E-state index is 0.294. The van der Waals surface area contributed by atoms with Crippen LogP contribution < -0.4 is 5.32 Å². The molecule has 102 valence electrons. The predicted octanol–water partition coefficient (Wildman–Crippen LogP) is 2.68. The Labute approximate surface area is 112 Å². The lowest BCUT2D eigenvalue weighted by molar-refractivity contribution is 0.266. The maximum absolute atomic E-state index is 9.29. The summed E-state index contributed by atoms with van der Waals surface area (Å²) in [6.45, 7) is 6.71. The van der Waals surface area contributed by atoms with Gasteiger partial charge in [-0.05, 0) is 65.0 Å². The number of hydrogen-bond donors (Lipinski definition) is 1. The fraction of sp³-hybridized carbons (Fsp3) is 0.933. The maximum atomic E-state index is 9.29. The van der Waals surface area contributed by atoms with Gasteiger partial charge in [0.25, 0.3) is 0 Å². The standard InChI is InChI=1S/C15H27N3/c1-3-18(14-8-9-14)11-5-4-10-15(2,12-16)17-13-6-7-13/h13-14,17H,3-11H2,1-2H3. The van der Waals surface area contributed by atoms with E-state index in [4.69, 9.17) is 0 Å². The first-order valence-corrected chi connectivity index (χ1v) is 7.60. The summed E-state index contributed by atoms with van der Waals surface area (Å²) < 4.78 is 0. The van der Waals surface area contributed by atoms with Crippen molar-refractivity contribution in [3.8, 4) is 6.07 Å². The molecule has 2 aliphatic carbocycles. The van der Waals surface area contributed by atoms with Crippen molar-refractivity contribution in [2.75, 3.05) is 13.1 Å². The molecule has 18 heavy (non-hydrogen) atoms. The summed E-state index contributed by atoms with van der Waals surface area (Å²) in [4.78, 5) is 2.60. The summed E-state index contributed by atoms with van der Waals surface area (Å²) >= 11 is 0. The Morgan fingerprint density at radius 2 is 2.00 bits per heavy atom. The summed E-state index contributed by atoms with van der Waals surface area (Å²) in [7, 11) is 0. The quantitative estimate of drug-likeness (QED) is 0.639. The van der Waals surface area contributed by atoms with Crippen LogP contribution in [0.4, 0.5) is 0 Å². The number of rotatable bonds is 9. The van der Waals surface area contributed by atoms with E-state index in [0.29, 0.717) is 6.04 Å². The van der Waals surface area contributed by atoms with Crippen LogP contribution in [-0.4, -0.2) is 35.6 Å². The van der Waals surface area contributed by atoms with Gasteiger partial charge in [0.05, 0.1) is 6.07 Å². The van der Waals surface area contributed by atoms with Crippen LogP contribution in [0, 0.1) is 11.3 Å². The fourth-order valence-corrected chi connectivity index (χ4v) is 2.67. The van der Waals surface area contributed by atoms with Crippen LogP contribution >= 0.6 is 0 Å². The summed E-state index contributed by atoms with van der Waals surface area (Å²) in [6.07, 6.45) is 8.67. The van der Waals surface area contributed by atoms with E-state index < -0.39 is 0 Å². The molecule has 2 saturated carbocycles. The minimum atomic E-state index is -0.294. The molecular formula is C15H27N3. The van der Waals surface area contributed by atoms with Gasteiger partial charge in [-0.1, -0.05) is 6.92 Å². The minimum Gasteiger partial charge on any atom is -0.301 e. The van der Waals surface area contributed by atoms with E-state index in [0.717, 1.165) is 18.9 Å². The van der Waals surface area contributed by atoms with E-state index in [1.807, 2.05) is 0 Å². The van der Waals surface area contributed by atoms with Crippen molar-refractivity contribution in [3.63, 3.8) is 0 Å². The average Bonchev–Trinajstić information content (AvgIpc) is 3.22. The largest absolute Gasteiger partial charge is 0.301 e. The van der Waals surface area contributed by atoms with Gasteiger partial charge in [-0.25, -0.2) is 0 Å². The van der Waals surface area contributed by atoms with Crippen LogP contribution in [-0.2, 0) is 0 Å². The smallest absolute Gasteiger partial charge is 0.104 e. The average molecular weight is 249 g/mol. The molecule has 0 spiro atoms. The van der Waals surface area contributed by atoms with Crippen LogP contribution in [0.5, 0.6) is 0 Å². The molecule has 1 N–H and O–H groups in total. The molecule has 0 amide bonds. The van der Waals surface area contributed by atoms with E-state index >= 15 is 0 Å². The first kappa shape index (κ1) is 13.8. The lowest BCUT2D eigenvalue weighted by Gasteiger charge is -2.24. The van der Waals surface area contributed by atoms with E-state index in [1.54, 1.807) is 0 Å². The first-order valence-electron chi connectivity index (χ1n) is 7.60. The molecule has 0 radical (unpaired) electrons. The highest BCUT2D eigenvalue weighted by atomic mass is 15.2. The summed E-state index contributed by atoms with van der Waals surface area (Å²) in [5.74, 6) is 0. The predicted molar refractivity (Wildman–Crippen MR) is 74.3 cm³/mol. The summed E-state index contributed by atoms with van der Waals surface area (Å²) in [5, 5.41) is 12.8. The Bertz CT molecular complexity index is 301. The molecule has 0 aromatic rings. The number of nitrogens with zero attached hydrogens (tertiary/aromatic N) is 2. The highest BCUT2D eigenvalue weighted by molar-refractivity contribution is 5.06. The van der Waals surface area contributed by atoms with Crippen molar-refractivity contribution in [1.82, 2.24) is 10.2 Å². The first-order chi connectivity index (χ1) is 8.67. The van der Waals surface area contributed by atoms with Gasteiger partial charge in [-0.3, -0.25) is 5.32 Å². The van der Waals surface area contributed by atoms with Crippen molar-refractivity contribution >= 4 is 0 Å². The fourth-order valence-electron chi connectivity index (χ4n) is 2.67. The van der Waals surface area contributed by atoms with Gasteiger partial charge in [-0.2, -0.15) is 5.26 Å². The second kappa shape index (κ2) is 6.04. The molecule has 0 bridgehead atoms. The number of nitriles is 1. The molecule has 2 rings (SSSR count). The van der Waals surface area contributed by atoms with E-state index in [-0.39, 0.29) is 5.54 Å². The Hall–Kier alpha value is -0.590. The highest BCUT2D eigenvalue weighted by Gasteiger charge is 2.32. The van der Waals surface area contributed by atoms with Gasteiger partial charge in [-0.15, -0.1) is 0 Å². The van der Waals surface area contributed by atoms with E-state index in [9.17, 15) is 5.26 Å². The Morgan fingerprint density at radius 3 is 2.50 bits per heavy atom. The lowest BCUT2D eigenvalue weighted by Crippen LogP contribution is -2.42. The summed E-state index contributed by atoms with van der Waals surface area (Å²) in [6, 6.07) is 3.96. The molecule has 3 heteroatoms. The van der Waals surface area contributed by atoms with Gasteiger partial charge >= 0.3 is 0 Å². The van der Waals surface area contributed by atoms with Gasteiger partial charge < -0.3 is 4.90 Å². The topological polar surface area (TPSA) is 39.1 Å². The molecule has 2 fully saturated rings. The van der Waals surface area contributed by atoms with Crippen molar-refractivity contribution in [3.05, 3.63) is 0 Å². The summed E-state index contributed by atoms with van der Waals surface area (Å²) in [5.41, 5.74) is -0.294. The zero-order valence-corrected chi connectivity index (χ0v) is 11.9. The van der Waals surface area contributed by atoms with Crippen molar-refractivity contribution in [2.24, 2.45) is 0 Å². The van der Waals surface area contributed by atoms with E-state index in [2.05, 4.69) is 30.1 Å². The highest BCUT2D eigenvalue weighted by Crippen LogP contribution is 2.27. The lowest BCUT2D eigenvalue weighted by atomic mass is 9.96. The second-order valence-electron chi connectivity index (χ2n) is 6.18. The van der Waals surface area contributed by atoms with Crippen LogP contribution in [0.3, 0.4) is 0 Å². The van der Waals surface area contributed by atoms with Gasteiger partial charge in [0.1, 0.15) is 5.54 Å². The Morgan fingerprint density at radius 1 is 1.28 bits per heavy atom. The van der Waals surface area contributed by atoms with Gasteiger partial charge in [0, 0.05) is 12.1 Å². The van der Waals surface area contributed by atoms with Crippen LogP contribution in [0.15, 0.2) is 0 Å². The zero-order valence-electron chi connectivity index (χ0n) is 11.9. The molecule has 0 aromatic carbocycles. The molecule has 1 unspecified atom stereocenters.